The Hall–Kier alpha value is -2.69. The van der Waals surface area contributed by atoms with Crippen LogP contribution in [0, 0.1) is 19.3 Å². The molecule has 0 bridgehead atoms. The summed E-state index contributed by atoms with van der Waals surface area (Å²) in [6, 6.07) is 9.74. The van der Waals surface area contributed by atoms with Crippen LogP contribution in [0.2, 0.25) is 0 Å². The van der Waals surface area contributed by atoms with Crippen LogP contribution in [0.4, 0.5) is 0 Å². The van der Waals surface area contributed by atoms with Crippen LogP contribution in [-0.4, -0.2) is 16.9 Å². The Morgan fingerprint density at radius 1 is 1.29 bits per heavy atom. The second kappa shape index (κ2) is 6.17. The van der Waals surface area contributed by atoms with Crippen molar-refractivity contribution in [3.63, 3.8) is 0 Å². The number of nitrogens with zero attached hydrogens (tertiary/aromatic N) is 1. The van der Waals surface area contributed by atoms with E-state index in [1.165, 1.54) is 0 Å². The van der Waals surface area contributed by atoms with Gasteiger partial charge in [0.2, 0.25) is 5.91 Å². The van der Waals surface area contributed by atoms with E-state index in [1.54, 1.807) is 6.20 Å². The monoisotopic (exact) mass is 282 g/mol. The molecular weight excluding hydrogens is 264 g/mol. The molecule has 0 radical (unpaired) electrons. The Morgan fingerprint density at radius 2 is 2.05 bits per heavy atom. The summed E-state index contributed by atoms with van der Waals surface area (Å²) < 4.78 is 0. The number of guanidine groups is 1. The number of amides is 1. The van der Waals surface area contributed by atoms with Gasteiger partial charge in [0.1, 0.15) is 0 Å². The standard InChI is InChI=1S/C16H18N4O/c1-10-6-7-12(14-5-3-4-8-19-14)11(2)13(10)9-15(21)20-16(17)18/h3-8H,9H2,1-2H3,(H4,17,18,20,21). The third kappa shape index (κ3) is 3.45. The number of nitrogens with two attached hydrogens (primary N) is 1. The SMILES string of the molecule is Cc1ccc(-c2ccccn2)c(C)c1CC(=O)NC(=N)N. The number of carbonyl (C=O) groups is 1. The van der Waals surface area contributed by atoms with Gasteiger partial charge in [0.25, 0.3) is 0 Å². The molecule has 0 unspecified atom stereocenters. The van der Waals surface area contributed by atoms with E-state index in [1.807, 2.05) is 44.2 Å². The highest BCUT2D eigenvalue weighted by Gasteiger charge is 2.13. The number of pyridine rings is 1. The summed E-state index contributed by atoms with van der Waals surface area (Å²) in [6.45, 7) is 3.94. The zero-order valence-electron chi connectivity index (χ0n) is 12.1. The van der Waals surface area contributed by atoms with Gasteiger partial charge in [-0.2, -0.15) is 0 Å². The van der Waals surface area contributed by atoms with E-state index in [-0.39, 0.29) is 18.3 Å². The Bertz CT molecular complexity index is 680. The van der Waals surface area contributed by atoms with Gasteiger partial charge in [-0.05, 0) is 42.7 Å². The lowest BCUT2D eigenvalue weighted by atomic mass is 9.93. The maximum Gasteiger partial charge on any atom is 0.231 e. The summed E-state index contributed by atoms with van der Waals surface area (Å²) in [6.07, 6.45) is 1.94. The molecule has 1 aromatic heterocycles. The summed E-state index contributed by atoms with van der Waals surface area (Å²) in [5.74, 6) is -0.622. The predicted molar refractivity (Wildman–Crippen MR) is 82.9 cm³/mol. The molecule has 0 aliphatic carbocycles. The van der Waals surface area contributed by atoms with Crippen molar-refractivity contribution >= 4 is 11.9 Å². The first-order valence-electron chi connectivity index (χ1n) is 6.63. The first-order valence-corrected chi connectivity index (χ1v) is 6.63. The van der Waals surface area contributed by atoms with Gasteiger partial charge in [-0.15, -0.1) is 0 Å². The maximum absolute atomic E-state index is 11.8. The normalized spacial score (nSPS) is 10.2. The van der Waals surface area contributed by atoms with Crippen molar-refractivity contribution in [3.8, 4) is 11.3 Å². The smallest absolute Gasteiger partial charge is 0.231 e. The highest BCUT2D eigenvalue weighted by Crippen LogP contribution is 2.26. The molecule has 1 aromatic carbocycles. The van der Waals surface area contributed by atoms with Gasteiger partial charge in [0.15, 0.2) is 5.96 Å². The number of hydrogen-bond acceptors (Lipinski definition) is 3. The first-order chi connectivity index (χ1) is 9.99. The molecule has 0 fully saturated rings. The Kier molecular flexibility index (Phi) is 4.33. The summed E-state index contributed by atoms with van der Waals surface area (Å²) >= 11 is 0. The molecule has 0 atom stereocenters. The average molecular weight is 282 g/mol. The summed E-state index contributed by atoms with van der Waals surface area (Å²) in [5.41, 5.74) is 10.1. The molecule has 0 aliphatic heterocycles. The van der Waals surface area contributed by atoms with Crippen LogP contribution in [0.25, 0.3) is 11.3 Å². The zero-order chi connectivity index (χ0) is 15.4. The second-order valence-corrected chi connectivity index (χ2v) is 4.89. The molecule has 5 nitrogen and oxygen atoms in total. The Labute approximate surface area is 123 Å². The van der Waals surface area contributed by atoms with Gasteiger partial charge < -0.3 is 5.73 Å². The van der Waals surface area contributed by atoms with E-state index in [0.29, 0.717) is 0 Å². The quantitative estimate of drug-likeness (QED) is 0.593. The van der Waals surface area contributed by atoms with Crippen molar-refractivity contribution < 1.29 is 4.79 Å². The lowest BCUT2D eigenvalue weighted by Crippen LogP contribution is -2.36. The molecule has 0 saturated carbocycles. The molecule has 0 saturated heterocycles. The molecule has 4 N–H and O–H groups in total. The molecule has 0 aliphatic rings. The van der Waals surface area contributed by atoms with E-state index in [0.717, 1.165) is 27.9 Å². The minimum Gasteiger partial charge on any atom is -0.370 e. The van der Waals surface area contributed by atoms with Crippen LogP contribution < -0.4 is 11.1 Å². The summed E-state index contributed by atoms with van der Waals surface area (Å²) in [4.78, 5) is 16.2. The average Bonchev–Trinajstić information content (AvgIpc) is 2.43. The van der Waals surface area contributed by atoms with Crippen molar-refractivity contribution in [1.29, 1.82) is 5.41 Å². The van der Waals surface area contributed by atoms with Crippen LogP contribution in [0.1, 0.15) is 16.7 Å². The molecule has 108 valence electrons. The minimum absolute atomic E-state index is 0.192. The van der Waals surface area contributed by atoms with E-state index in [9.17, 15) is 4.79 Å². The maximum atomic E-state index is 11.8. The summed E-state index contributed by atoms with van der Waals surface area (Å²) in [7, 11) is 0. The van der Waals surface area contributed by atoms with Crippen LogP contribution in [0.5, 0.6) is 0 Å². The lowest BCUT2D eigenvalue weighted by Gasteiger charge is -2.14. The molecular formula is C16H18N4O. The Balaban J connectivity index is 2.38. The molecule has 5 heteroatoms. The van der Waals surface area contributed by atoms with Crippen molar-refractivity contribution in [1.82, 2.24) is 10.3 Å². The van der Waals surface area contributed by atoms with E-state index < -0.39 is 0 Å². The fraction of sp³-hybridized carbons (Fsp3) is 0.188. The van der Waals surface area contributed by atoms with Crippen molar-refractivity contribution in [3.05, 3.63) is 53.2 Å². The largest absolute Gasteiger partial charge is 0.370 e. The lowest BCUT2D eigenvalue weighted by molar-refractivity contribution is -0.119. The topological polar surface area (TPSA) is 91.9 Å². The van der Waals surface area contributed by atoms with Crippen LogP contribution in [0.3, 0.4) is 0 Å². The predicted octanol–water partition coefficient (Wildman–Crippen LogP) is 1.92. The van der Waals surface area contributed by atoms with Crippen LogP contribution >= 0.6 is 0 Å². The summed E-state index contributed by atoms with van der Waals surface area (Å²) in [5, 5.41) is 9.42. The number of nitrogens with one attached hydrogen (secondary N) is 2. The highest BCUT2D eigenvalue weighted by molar-refractivity contribution is 5.95. The molecule has 0 spiro atoms. The molecule has 2 rings (SSSR count). The first kappa shape index (κ1) is 14.7. The van der Waals surface area contributed by atoms with E-state index in [4.69, 9.17) is 11.1 Å². The molecule has 2 aromatic rings. The van der Waals surface area contributed by atoms with Gasteiger partial charge in [0.05, 0.1) is 12.1 Å². The van der Waals surface area contributed by atoms with Crippen molar-refractivity contribution in [2.24, 2.45) is 5.73 Å². The van der Waals surface area contributed by atoms with Gasteiger partial charge >= 0.3 is 0 Å². The fourth-order valence-corrected chi connectivity index (χ4v) is 2.32. The van der Waals surface area contributed by atoms with Crippen molar-refractivity contribution in [2.75, 3.05) is 0 Å². The number of rotatable bonds is 3. The third-order valence-corrected chi connectivity index (χ3v) is 3.38. The number of aromatic nitrogens is 1. The molecule has 21 heavy (non-hydrogen) atoms. The Morgan fingerprint density at radius 3 is 2.67 bits per heavy atom. The van der Waals surface area contributed by atoms with E-state index >= 15 is 0 Å². The van der Waals surface area contributed by atoms with Gasteiger partial charge in [0, 0.05) is 11.8 Å². The number of aryl methyl sites for hydroxylation is 1. The molecule has 1 heterocycles. The fourth-order valence-electron chi connectivity index (χ4n) is 2.32. The van der Waals surface area contributed by atoms with Crippen LogP contribution in [-0.2, 0) is 11.2 Å². The highest BCUT2D eigenvalue weighted by atomic mass is 16.1. The second-order valence-electron chi connectivity index (χ2n) is 4.89. The number of benzene rings is 1. The van der Waals surface area contributed by atoms with Gasteiger partial charge in [-0.25, -0.2) is 0 Å². The number of carbonyl (C=O) groups excluding carboxylic acids is 1. The van der Waals surface area contributed by atoms with Gasteiger partial charge in [-0.3, -0.25) is 20.5 Å². The van der Waals surface area contributed by atoms with Crippen LogP contribution in [0.15, 0.2) is 36.5 Å². The zero-order valence-corrected chi connectivity index (χ0v) is 12.1. The number of hydrogen-bond donors (Lipinski definition) is 3. The molecule has 1 amide bonds. The van der Waals surface area contributed by atoms with Gasteiger partial charge in [-0.1, -0.05) is 18.2 Å². The third-order valence-electron chi connectivity index (χ3n) is 3.38. The van der Waals surface area contributed by atoms with Crippen molar-refractivity contribution in [2.45, 2.75) is 20.3 Å². The van der Waals surface area contributed by atoms with E-state index in [2.05, 4.69) is 10.3 Å². The minimum atomic E-state index is -0.337.